The van der Waals surface area contributed by atoms with Gasteiger partial charge in [-0.2, -0.15) is 0 Å². The summed E-state index contributed by atoms with van der Waals surface area (Å²) in [6.07, 6.45) is 6.63. The highest BCUT2D eigenvalue weighted by Crippen LogP contribution is 2.33. The number of aryl methyl sites for hydroxylation is 1. The van der Waals surface area contributed by atoms with Crippen molar-refractivity contribution in [1.29, 1.82) is 0 Å². The van der Waals surface area contributed by atoms with Gasteiger partial charge in [0.1, 0.15) is 10.2 Å². The first-order valence-corrected chi connectivity index (χ1v) is 13.5. The van der Waals surface area contributed by atoms with E-state index in [-0.39, 0.29) is 5.91 Å². The Bertz CT molecular complexity index is 1150. The van der Waals surface area contributed by atoms with Crippen molar-refractivity contribution in [1.82, 2.24) is 20.2 Å². The second kappa shape index (κ2) is 12.7. The van der Waals surface area contributed by atoms with Crippen LogP contribution in [0.1, 0.15) is 30.0 Å². The van der Waals surface area contributed by atoms with Crippen molar-refractivity contribution >= 4 is 40.4 Å². The second-order valence-electron chi connectivity index (χ2n) is 8.84. The third kappa shape index (κ3) is 7.09. The van der Waals surface area contributed by atoms with Gasteiger partial charge in [0.15, 0.2) is 11.5 Å². The van der Waals surface area contributed by atoms with Gasteiger partial charge in [0, 0.05) is 55.3 Å². The van der Waals surface area contributed by atoms with Gasteiger partial charge in [0.25, 0.3) is 0 Å². The summed E-state index contributed by atoms with van der Waals surface area (Å²) in [4.78, 5) is 24.9. The van der Waals surface area contributed by atoms with Gasteiger partial charge in [-0.1, -0.05) is 29.3 Å². The molecule has 2 aromatic heterocycles. The maximum absolute atomic E-state index is 12.5. The lowest BCUT2D eigenvalue weighted by Crippen LogP contribution is -2.40. The molecule has 1 N–H and O–H groups in total. The monoisotopic (exact) mass is 548 g/mol. The zero-order chi connectivity index (χ0) is 25.5. The number of carbonyl (C=O) groups is 1. The molecule has 0 bridgehead atoms. The number of ether oxygens (including phenoxy) is 2. The predicted octanol–water partition coefficient (Wildman–Crippen LogP) is 5.49. The van der Waals surface area contributed by atoms with Gasteiger partial charge in [-0.3, -0.25) is 9.69 Å². The van der Waals surface area contributed by atoms with Crippen molar-refractivity contribution in [3.8, 4) is 22.6 Å². The summed E-state index contributed by atoms with van der Waals surface area (Å²) in [7, 11) is 3.21. The summed E-state index contributed by atoms with van der Waals surface area (Å²) in [5, 5.41) is 3.72. The van der Waals surface area contributed by atoms with E-state index in [9.17, 15) is 4.79 Å². The average molecular weight is 550 g/mol. The standard InChI is InChI=1S/C26H30Cl2N4O3S/c1-34-22-6-5-18(10-23(22)35-2)19-13-29-24(30-14-19)7-8-25(33)31-12-17-4-3-9-32(15-17)16-20-11-21(27)26(28)36-20/h5-6,10-11,13-14,17H,3-4,7-9,12,15-16H2,1-2H3,(H,31,33). The van der Waals surface area contributed by atoms with Gasteiger partial charge < -0.3 is 14.8 Å². The molecule has 1 atom stereocenters. The summed E-state index contributed by atoms with van der Waals surface area (Å²) in [6, 6.07) is 7.62. The maximum atomic E-state index is 12.5. The molecule has 0 saturated carbocycles. The Morgan fingerprint density at radius 1 is 1.14 bits per heavy atom. The van der Waals surface area contributed by atoms with Gasteiger partial charge in [0.2, 0.25) is 5.91 Å². The van der Waals surface area contributed by atoms with Crippen LogP contribution >= 0.6 is 34.5 Å². The van der Waals surface area contributed by atoms with E-state index in [1.54, 1.807) is 26.6 Å². The van der Waals surface area contributed by atoms with Crippen LogP contribution in [-0.4, -0.2) is 54.6 Å². The fourth-order valence-electron chi connectivity index (χ4n) is 4.37. The molecule has 1 fully saturated rings. The molecule has 0 spiro atoms. The van der Waals surface area contributed by atoms with Crippen molar-refractivity contribution in [3.63, 3.8) is 0 Å². The quantitative estimate of drug-likeness (QED) is 0.361. The third-order valence-electron chi connectivity index (χ3n) is 6.26. The lowest BCUT2D eigenvalue weighted by molar-refractivity contribution is -0.121. The smallest absolute Gasteiger partial charge is 0.220 e. The van der Waals surface area contributed by atoms with Crippen LogP contribution in [0.25, 0.3) is 11.1 Å². The van der Waals surface area contributed by atoms with E-state index < -0.39 is 0 Å². The minimum atomic E-state index is 0.0245. The Balaban J connectivity index is 1.22. The molecule has 1 saturated heterocycles. The second-order valence-corrected chi connectivity index (χ2v) is 11.0. The number of halogens is 2. The molecule has 4 rings (SSSR count). The Morgan fingerprint density at radius 3 is 2.61 bits per heavy atom. The topological polar surface area (TPSA) is 76.6 Å². The SMILES string of the molecule is COc1ccc(-c2cnc(CCC(=O)NCC3CCCN(Cc4cc(Cl)c(Cl)s4)C3)nc2)cc1OC. The van der Waals surface area contributed by atoms with E-state index in [1.807, 2.05) is 24.3 Å². The number of hydrogen-bond acceptors (Lipinski definition) is 7. The summed E-state index contributed by atoms with van der Waals surface area (Å²) in [5.41, 5.74) is 1.81. The van der Waals surface area contributed by atoms with Crippen LogP contribution in [0.3, 0.4) is 0 Å². The molecular weight excluding hydrogens is 519 g/mol. The highest BCUT2D eigenvalue weighted by Gasteiger charge is 2.21. The van der Waals surface area contributed by atoms with Crippen LogP contribution < -0.4 is 14.8 Å². The number of hydrogen-bond donors (Lipinski definition) is 1. The lowest BCUT2D eigenvalue weighted by Gasteiger charge is -2.32. The number of piperidine rings is 1. The van der Waals surface area contributed by atoms with Crippen molar-refractivity contribution in [2.45, 2.75) is 32.2 Å². The summed E-state index contributed by atoms with van der Waals surface area (Å²) in [5.74, 6) is 2.42. The van der Waals surface area contributed by atoms with Crippen LogP contribution in [0.5, 0.6) is 11.5 Å². The number of amides is 1. The molecule has 10 heteroatoms. The van der Waals surface area contributed by atoms with Crippen molar-refractivity contribution in [2.75, 3.05) is 33.9 Å². The molecule has 1 amide bonds. The third-order valence-corrected chi connectivity index (χ3v) is 8.11. The highest BCUT2D eigenvalue weighted by atomic mass is 35.5. The molecule has 1 aliphatic heterocycles. The number of likely N-dealkylation sites (tertiary alicyclic amines) is 1. The number of carbonyl (C=O) groups excluding carboxylic acids is 1. The molecular formula is C26H30Cl2N4O3S. The van der Waals surface area contributed by atoms with Crippen LogP contribution in [0.4, 0.5) is 0 Å². The van der Waals surface area contributed by atoms with Crippen molar-refractivity contribution in [3.05, 3.63) is 56.7 Å². The molecule has 3 heterocycles. The first kappa shape index (κ1) is 26.7. The minimum absolute atomic E-state index is 0.0245. The molecule has 7 nitrogen and oxygen atoms in total. The fourth-order valence-corrected chi connectivity index (χ4v) is 5.85. The predicted molar refractivity (Wildman–Crippen MR) is 144 cm³/mol. The lowest BCUT2D eigenvalue weighted by atomic mass is 9.98. The maximum Gasteiger partial charge on any atom is 0.220 e. The first-order chi connectivity index (χ1) is 17.4. The first-order valence-electron chi connectivity index (χ1n) is 11.9. The number of aromatic nitrogens is 2. The van der Waals surface area contributed by atoms with Gasteiger partial charge in [-0.05, 0) is 49.1 Å². The van der Waals surface area contributed by atoms with E-state index in [0.29, 0.717) is 52.0 Å². The zero-order valence-electron chi connectivity index (χ0n) is 20.4. The zero-order valence-corrected chi connectivity index (χ0v) is 22.8. The molecule has 0 aliphatic carbocycles. The Morgan fingerprint density at radius 2 is 1.92 bits per heavy atom. The van der Waals surface area contributed by atoms with Crippen LogP contribution in [0.2, 0.25) is 9.36 Å². The molecule has 0 radical (unpaired) electrons. The molecule has 36 heavy (non-hydrogen) atoms. The summed E-state index contributed by atoms with van der Waals surface area (Å²) >= 11 is 13.7. The van der Waals surface area contributed by atoms with E-state index in [0.717, 1.165) is 43.6 Å². The van der Waals surface area contributed by atoms with Gasteiger partial charge >= 0.3 is 0 Å². The van der Waals surface area contributed by atoms with E-state index in [1.165, 1.54) is 16.2 Å². The van der Waals surface area contributed by atoms with Crippen LogP contribution in [0, 0.1) is 5.92 Å². The van der Waals surface area contributed by atoms with Gasteiger partial charge in [0.05, 0.1) is 19.2 Å². The Kier molecular flexibility index (Phi) is 9.42. The Labute approximate surface area is 225 Å². The Hall–Kier alpha value is -2.39. The number of nitrogens with one attached hydrogen (secondary N) is 1. The summed E-state index contributed by atoms with van der Waals surface area (Å²) < 4.78 is 11.3. The van der Waals surface area contributed by atoms with E-state index in [4.69, 9.17) is 32.7 Å². The van der Waals surface area contributed by atoms with Crippen molar-refractivity contribution in [2.24, 2.45) is 5.92 Å². The molecule has 1 unspecified atom stereocenters. The van der Waals surface area contributed by atoms with Crippen LogP contribution in [0.15, 0.2) is 36.7 Å². The number of methoxy groups -OCH3 is 2. The highest BCUT2D eigenvalue weighted by molar-refractivity contribution is 7.16. The van der Waals surface area contributed by atoms with E-state index in [2.05, 4.69) is 20.2 Å². The fraction of sp³-hybridized carbons (Fsp3) is 0.423. The molecule has 1 aromatic carbocycles. The van der Waals surface area contributed by atoms with Gasteiger partial charge in [-0.25, -0.2) is 9.97 Å². The molecule has 192 valence electrons. The number of nitrogens with zero attached hydrogens (tertiary/aromatic N) is 3. The molecule has 3 aromatic rings. The van der Waals surface area contributed by atoms with E-state index >= 15 is 0 Å². The number of rotatable bonds is 10. The largest absolute Gasteiger partial charge is 0.493 e. The molecule has 1 aliphatic rings. The normalized spacial score (nSPS) is 16.1. The number of thiophene rings is 1. The minimum Gasteiger partial charge on any atom is -0.493 e. The van der Waals surface area contributed by atoms with Gasteiger partial charge in [-0.15, -0.1) is 11.3 Å². The number of benzene rings is 1. The average Bonchev–Trinajstić information content (AvgIpc) is 3.22. The summed E-state index contributed by atoms with van der Waals surface area (Å²) in [6.45, 7) is 3.53. The van der Waals surface area contributed by atoms with Crippen LogP contribution in [-0.2, 0) is 17.8 Å². The van der Waals surface area contributed by atoms with Crippen molar-refractivity contribution < 1.29 is 14.3 Å².